The Balaban J connectivity index is 2.65. The first-order valence-electron chi connectivity index (χ1n) is 8.34. The molecule has 2 heteroatoms. The van der Waals surface area contributed by atoms with Gasteiger partial charge in [-0.2, -0.15) is 0 Å². The van der Waals surface area contributed by atoms with E-state index >= 15 is 0 Å². The topological polar surface area (TPSA) is 15.3 Å². The van der Waals surface area contributed by atoms with Gasteiger partial charge in [-0.25, -0.2) is 0 Å². The molecule has 0 fully saturated rings. The Labute approximate surface area is 131 Å². The number of rotatable bonds is 9. The van der Waals surface area contributed by atoms with E-state index in [1.165, 1.54) is 18.4 Å². The van der Waals surface area contributed by atoms with Crippen LogP contribution in [0.2, 0.25) is 0 Å². The summed E-state index contributed by atoms with van der Waals surface area (Å²) in [6.07, 6.45) is 2.51. The molecule has 1 unspecified atom stereocenters. The monoisotopic (exact) mass is 290 g/mol. The Bertz CT molecular complexity index is 360. The van der Waals surface area contributed by atoms with E-state index < -0.39 is 0 Å². The van der Waals surface area contributed by atoms with Gasteiger partial charge in [-0.05, 0) is 44.3 Å². The molecule has 0 saturated carbocycles. The van der Waals surface area contributed by atoms with Crippen LogP contribution in [0, 0.1) is 11.8 Å². The van der Waals surface area contributed by atoms with Crippen molar-refractivity contribution < 1.29 is 0 Å². The molecule has 0 radical (unpaired) electrons. The molecule has 0 aliphatic carbocycles. The fourth-order valence-electron chi connectivity index (χ4n) is 2.95. The molecule has 1 rings (SSSR count). The molecule has 1 aromatic rings. The quantitative estimate of drug-likeness (QED) is 0.728. The second-order valence-corrected chi connectivity index (χ2v) is 7.25. The van der Waals surface area contributed by atoms with Gasteiger partial charge in [0.25, 0.3) is 0 Å². The Morgan fingerprint density at radius 1 is 0.905 bits per heavy atom. The molecule has 0 saturated heterocycles. The Kier molecular flexibility index (Phi) is 7.98. The number of hydrogen-bond donors (Lipinski definition) is 1. The van der Waals surface area contributed by atoms with Gasteiger partial charge in [-0.3, -0.25) is 0 Å². The van der Waals surface area contributed by atoms with Crippen molar-refractivity contribution in [3.8, 4) is 0 Å². The summed E-state index contributed by atoms with van der Waals surface area (Å²) in [5, 5.41) is 3.82. The lowest BCUT2D eigenvalue weighted by molar-refractivity contribution is 0.263. The summed E-state index contributed by atoms with van der Waals surface area (Å²) in [6, 6.07) is 11.9. The van der Waals surface area contributed by atoms with Gasteiger partial charge in [-0.1, -0.05) is 58.0 Å². The van der Waals surface area contributed by atoms with E-state index in [4.69, 9.17) is 0 Å². The number of benzene rings is 1. The summed E-state index contributed by atoms with van der Waals surface area (Å²) >= 11 is 0. The van der Waals surface area contributed by atoms with Gasteiger partial charge in [0.05, 0.1) is 0 Å². The van der Waals surface area contributed by atoms with Crippen molar-refractivity contribution in [3.05, 3.63) is 35.9 Å². The molecule has 1 aromatic carbocycles. The van der Waals surface area contributed by atoms with Crippen molar-refractivity contribution in [2.24, 2.45) is 11.8 Å². The molecule has 1 atom stereocenters. The van der Waals surface area contributed by atoms with E-state index in [1.54, 1.807) is 0 Å². The molecule has 21 heavy (non-hydrogen) atoms. The maximum atomic E-state index is 3.82. The van der Waals surface area contributed by atoms with Crippen molar-refractivity contribution in [1.82, 2.24) is 10.2 Å². The fourth-order valence-corrected chi connectivity index (χ4v) is 2.95. The number of likely N-dealkylation sites (N-methyl/N-ethyl adjacent to an activating group) is 1. The third kappa shape index (κ3) is 7.10. The van der Waals surface area contributed by atoms with Gasteiger partial charge in [0.15, 0.2) is 0 Å². The van der Waals surface area contributed by atoms with Crippen LogP contribution in [0.3, 0.4) is 0 Å². The third-order valence-electron chi connectivity index (χ3n) is 3.92. The van der Waals surface area contributed by atoms with Crippen molar-refractivity contribution in [1.29, 1.82) is 0 Å². The zero-order valence-electron chi connectivity index (χ0n) is 14.8. The molecule has 0 amide bonds. The fraction of sp³-hybridized carbons (Fsp3) is 0.684. The molecule has 0 aliphatic heterocycles. The number of nitrogens with one attached hydrogen (secondary N) is 1. The van der Waals surface area contributed by atoms with Gasteiger partial charge in [0.1, 0.15) is 0 Å². The summed E-state index contributed by atoms with van der Waals surface area (Å²) in [7, 11) is 4.33. The van der Waals surface area contributed by atoms with Crippen LogP contribution in [0.4, 0.5) is 0 Å². The second kappa shape index (κ2) is 9.22. The van der Waals surface area contributed by atoms with E-state index in [0.717, 1.165) is 18.4 Å². The van der Waals surface area contributed by atoms with Gasteiger partial charge in [0, 0.05) is 18.6 Å². The molecule has 0 spiro atoms. The van der Waals surface area contributed by atoms with Crippen LogP contribution in [-0.4, -0.2) is 31.6 Å². The van der Waals surface area contributed by atoms with E-state index in [-0.39, 0.29) is 0 Å². The molecule has 0 aromatic heterocycles. The van der Waals surface area contributed by atoms with Crippen LogP contribution in [-0.2, 0) is 0 Å². The molecule has 2 nitrogen and oxygen atoms in total. The van der Waals surface area contributed by atoms with Crippen LogP contribution in [0.1, 0.15) is 52.1 Å². The average Bonchev–Trinajstić information content (AvgIpc) is 2.38. The van der Waals surface area contributed by atoms with Gasteiger partial charge in [-0.15, -0.1) is 0 Å². The maximum absolute atomic E-state index is 3.82. The predicted octanol–water partition coefficient (Wildman–Crippen LogP) is 4.34. The van der Waals surface area contributed by atoms with Crippen molar-refractivity contribution in [2.75, 3.05) is 20.6 Å². The largest absolute Gasteiger partial charge is 0.312 e. The normalized spacial score (nSPS) is 13.6. The van der Waals surface area contributed by atoms with Gasteiger partial charge < -0.3 is 10.2 Å². The number of hydrogen-bond acceptors (Lipinski definition) is 2. The van der Waals surface area contributed by atoms with E-state index in [9.17, 15) is 0 Å². The van der Waals surface area contributed by atoms with Crippen molar-refractivity contribution >= 4 is 0 Å². The first-order valence-corrected chi connectivity index (χ1v) is 8.34. The second-order valence-electron chi connectivity index (χ2n) is 7.25. The van der Waals surface area contributed by atoms with E-state index in [2.05, 4.69) is 82.3 Å². The molecular formula is C19H34N2. The lowest BCUT2D eigenvalue weighted by Crippen LogP contribution is -2.38. The number of nitrogens with zero attached hydrogens (tertiary/aromatic N) is 1. The van der Waals surface area contributed by atoms with Crippen molar-refractivity contribution in [3.63, 3.8) is 0 Å². The highest BCUT2D eigenvalue weighted by Crippen LogP contribution is 2.19. The van der Waals surface area contributed by atoms with Crippen molar-refractivity contribution in [2.45, 2.75) is 52.6 Å². The SMILES string of the molecule is CC(C)CC(CC(C)C)NCC(c1ccccc1)N(C)C. The summed E-state index contributed by atoms with van der Waals surface area (Å²) < 4.78 is 0. The Morgan fingerprint density at radius 3 is 1.86 bits per heavy atom. The molecule has 1 N–H and O–H groups in total. The summed E-state index contributed by atoms with van der Waals surface area (Å²) in [6.45, 7) is 10.3. The minimum absolute atomic E-state index is 0.438. The molecule has 0 bridgehead atoms. The zero-order valence-corrected chi connectivity index (χ0v) is 14.8. The minimum Gasteiger partial charge on any atom is -0.312 e. The maximum Gasteiger partial charge on any atom is 0.0466 e. The predicted molar refractivity (Wildman–Crippen MR) is 93.6 cm³/mol. The van der Waals surface area contributed by atoms with Crippen LogP contribution >= 0.6 is 0 Å². The van der Waals surface area contributed by atoms with Gasteiger partial charge in [0.2, 0.25) is 0 Å². The molecule has 120 valence electrons. The zero-order chi connectivity index (χ0) is 15.8. The molecule has 0 heterocycles. The lowest BCUT2D eigenvalue weighted by atomic mass is 9.95. The first kappa shape index (κ1) is 18.2. The smallest absolute Gasteiger partial charge is 0.0466 e. The van der Waals surface area contributed by atoms with Crippen LogP contribution < -0.4 is 5.32 Å². The van der Waals surface area contributed by atoms with E-state index in [0.29, 0.717) is 12.1 Å². The third-order valence-corrected chi connectivity index (χ3v) is 3.92. The van der Waals surface area contributed by atoms with Crippen LogP contribution in [0.15, 0.2) is 30.3 Å². The standard InChI is InChI=1S/C19H34N2/c1-15(2)12-18(13-16(3)4)20-14-19(21(5)6)17-10-8-7-9-11-17/h7-11,15-16,18-20H,12-14H2,1-6H3. The van der Waals surface area contributed by atoms with Gasteiger partial charge >= 0.3 is 0 Å². The molecule has 0 aliphatic rings. The van der Waals surface area contributed by atoms with Crippen LogP contribution in [0.25, 0.3) is 0 Å². The summed E-state index contributed by atoms with van der Waals surface area (Å²) in [5.74, 6) is 1.49. The average molecular weight is 290 g/mol. The first-order chi connectivity index (χ1) is 9.90. The highest BCUT2D eigenvalue weighted by Gasteiger charge is 2.17. The van der Waals surface area contributed by atoms with Crippen LogP contribution in [0.5, 0.6) is 0 Å². The minimum atomic E-state index is 0.438. The summed E-state index contributed by atoms with van der Waals surface area (Å²) in [5.41, 5.74) is 1.39. The van der Waals surface area contributed by atoms with E-state index in [1.807, 2.05) is 0 Å². The Hall–Kier alpha value is -0.860. The molecular weight excluding hydrogens is 256 g/mol. The summed E-state index contributed by atoms with van der Waals surface area (Å²) in [4.78, 5) is 2.31. The Morgan fingerprint density at radius 2 is 1.43 bits per heavy atom. The highest BCUT2D eigenvalue weighted by molar-refractivity contribution is 5.19. The highest BCUT2D eigenvalue weighted by atomic mass is 15.1. The lowest BCUT2D eigenvalue weighted by Gasteiger charge is -2.29.